The van der Waals surface area contributed by atoms with Gasteiger partial charge in [-0.3, -0.25) is 4.79 Å². The highest BCUT2D eigenvalue weighted by Gasteiger charge is 2.49. The van der Waals surface area contributed by atoms with Gasteiger partial charge in [0.2, 0.25) is 5.91 Å². The highest BCUT2D eigenvalue weighted by Crippen LogP contribution is 2.44. The standard InChI is InChI=1S/C16H29NO3/c1-6-11-17(12(2)18)16(14(19)20)9-7-13(8-10-16)15(3,4)5/h13H,6-11H2,1-5H3,(H,19,20). The zero-order chi connectivity index (χ0) is 15.6. The van der Waals surface area contributed by atoms with Crippen molar-refractivity contribution in [3.05, 3.63) is 0 Å². The summed E-state index contributed by atoms with van der Waals surface area (Å²) in [7, 11) is 0. The van der Waals surface area contributed by atoms with Crippen molar-refractivity contribution in [3.8, 4) is 0 Å². The summed E-state index contributed by atoms with van der Waals surface area (Å²) in [6.45, 7) is 10.6. The number of carbonyl (C=O) groups is 2. The molecule has 0 heterocycles. The normalized spacial score (nSPS) is 27.1. The van der Waals surface area contributed by atoms with E-state index >= 15 is 0 Å². The third-order valence-corrected chi connectivity index (χ3v) is 4.78. The molecule has 20 heavy (non-hydrogen) atoms. The Bertz CT molecular complexity index is 362. The Kier molecular flexibility index (Phi) is 5.22. The van der Waals surface area contributed by atoms with E-state index in [2.05, 4.69) is 20.8 Å². The summed E-state index contributed by atoms with van der Waals surface area (Å²) in [6, 6.07) is 0. The fourth-order valence-corrected chi connectivity index (χ4v) is 3.46. The molecular formula is C16H29NO3. The van der Waals surface area contributed by atoms with Crippen LogP contribution in [0.2, 0.25) is 0 Å². The maximum Gasteiger partial charge on any atom is 0.329 e. The second-order valence-corrected chi connectivity index (χ2v) is 7.15. The van der Waals surface area contributed by atoms with E-state index in [-0.39, 0.29) is 11.3 Å². The van der Waals surface area contributed by atoms with Crippen LogP contribution in [-0.4, -0.2) is 34.0 Å². The molecular weight excluding hydrogens is 254 g/mol. The number of aliphatic carboxylic acids is 1. The average molecular weight is 283 g/mol. The Hall–Kier alpha value is -1.06. The van der Waals surface area contributed by atoms with E-state index in [1.165, 1.54) is 6.92 Å². The lowest BCUT2D eigenvalue weighted by atomic mass is 9.66. The van der Waals surface area contributed by atoms with Gasteiger partial charge in [-0.05, 0) is 43.4 Å². The lowest BCUT2D eigenvalue weighted by molar-refractivity contribution is -0.162. The van der Waals surface area contributed by atoms with Crippen LogP contribution in [0.4, 0.5) is 0 Å². The first-order valence-corrected chi connectivity index (χ1v) is 7.66. The quantitative estimate of drug-likeness (QED) is 0.861. The zero-order valence-electron chi connectivity index (χ0n) is 13.5. The predicted octanol–water partition coefficient (Wildman–Crippen LogP) is 3.30. The third-order valence-electron chi connectivity index (χ3n) is 4.78. The number of carbonyl (C=O) groups excluding carboxylic acids is 1. The summed E-state index contributed by atoms with van der Waals surface area (Å²) < 4.78 is 0. The monoisotopic (exact) mass is 283 g/mol. The lowest BCUT2D eigenvalue weighted by Crippen LogP contribution is -2.59. The largest absolute Gasteiger partial charge is 0.479 e. The van der Waals surface area contributed by atoms with E-state index < -0.39 is 11.5 Å². The van der Waals surface area contributed by atoms with Gasteiger partial charge < -0.3 is 10.0 Å². The molecule has 1 fully saturated rings. The van der Waals surface area contributed by atoms with Crippen molar-refractivity contribution in [3.63, 3.8) is 0 Å². The molecule has 116 valence electrons. The molecule has 1 aliphatic rings. The lowest BCUT2D eigenvalue weighted by Gasteiger charge is -2.47. The van der Waals surface area contributed by atoms with Crippen LogP contribution in [0, 0.1) is 11.3 Å². The molecule has 1 aliphatic carbocycles. The number of amides is 1. The minimum atomic E-state index is -0.983. The van der Waals surface area contributed by atoms with E-state index in [0.717, 1.165) is 19.3 Å². The number of carboxylic acid groups (broad SMARTS) is 1. The summed E-state index contributed by atoms with van der Waals surface area (Å²) >= 11 is 0. The Labute approximate surface area is 122 Å². The molecule has 1 N–H and O–H groups in total. The Morgan fingerprint density at radius 2 is 1.75 bits per heavy atom. The molecule has 0 saturated heterocycles. The Morgan fingerprint density at radius 1 is 1.25 bits per heavy atom. The smallest absolute Gasteiger partial charge is 0.329 e. The van der Waals surface area contributed by atoms with Crippen molar-refractivity contribution in [1.29, 1.82) is 0 Å². The van der Waals surface area contributed by atoms with Crippen molar-refractivity contribution in [2.45, 2.75) is 72.3 Å². The molecule has 0 aromatic heterocycles. The number of hydrogen-bond donors (Lipinski definition) is 1. The summed E-state index contributed by atoms with van der Waals surface area (Å²) in [5.41, 5.74) is -0.778. The van der Waals surface area contributed by atoms with Crippen LogP contribution in [0.15, 0.2) is 0 Å². The average Bonchev–Trinajstić information content (AvgIpc) is 2.34. The van der Waals surface area contributed by atoms with Crippen molar-refractivity contribution in [1.82, 2.24) is 4.90 Å². The first-order chi connectivity index (χ1) is 9.15. The van der Waals surface area contributed by atoms with Gasteiger partial charge in [-0.15, -0.1) is 0 Å². The first-order valence-electron chi connectivity index (χ1n) is 7.66. The van der Waals surface area contributed by atoms with Gasteiger partial charge in [0.15, 0.2) is 0 Å². The SMILES string of the molecule is CCCN(C(C)=O)C1(C(=O)O)CCC(C(C)(C)C)CC1. The van der Waals surface area contributed by atoms with E-state index in [9.17, 15) is 14.7 Å². The molecule has 0 bridgehead atoms. The number of rotatable bonds is 4. The van der Waals surface area contributed by atoms with Crippen LogP contribution >= 0.6 is 0 Å². The number of carboxylic acids is 1. The second kappa shape index (κ2) is 6.15. The van der Waals surface area contributed by atoms with Gasteiger partial charge in [-0.2, -0.15) is 0 Å². The maximum atomic E-state index is 11.9. The van der Waals surface area contributed by atoms with Gasteiger partial charge in [0.1, 0.15) is 5.54 Å². The van der Waals surface area contributed by atoms with E-state index in [1.54, 1.807) is 4.90 Å². The highest BCUT2D eigenvalue weighted by atomic mass is 16.4. The summed E-state index contributed by atoms with van der Waals surface area (Å²) in [6.07, 6.45) is 3.69. The third kappa shape index (κ3) is 3.33. The molecule has 0 unspecified atom stereocenters. The molecule has 1 rings (SSSR count). The van der Waals surface area contributed by atoms with E-state index in [1.807, 2.05) is 6.92 Å². The fraction of sp³-hybridized carbons (Fsp3) is 0.875. The van der Waals surface area contributed by atoms with Gasteiger partial charge >= 0.3 is 5.97 Å². The molecule has 1 amide bonds. The Balaban J connectivity index is 2.97. The minimum absolute atomic E-state index is 0.122. The predicted molar refractivity (Wildman–Crippen MR) is 79.5 cm³/mol. The summed E-state index contributed by atoms with van der Waals surface area (Å²) in [4.78, 5) is 25.3. The molecule has 1 saturated carbocycles. The van der Waals surface area contributed by atoms with Gasteiger partial charge in [-0.25, -0.2) is 4.79 Å². The molecule has 0 atom stereocenters. The molecule has 4 heteroatoms. The fourth-order valence-electron chi connectivity index (χ4n) is 3.46. The van der Waals surface area contributed by atoms with Gasteiger partial charge in [-0.1, -0.05) is 27.7 Å². The van der Waals surface area contributed by atoms with Crippen LogP contribution in [0.3, 0.4) is 0 Å². The minimum Gasteiger partial charge on any atom is -0.479 e. The number of nitrogens with zero attached hydrogens (tertiary/aromatic N) is 1. The molecule has 0 radical (unpaired) electrons. The Morgan fingerprint density at radius 3 is 2.05 bits per heavy atom. The van der Waals surface area contributed by atoms with Crippen molar-refractivity contribution in [2.24, 2.45) is 11.3 Å². The zero-order valence-corrected chi connectivity index (χ0v) is 13.5. The van der Waals surface area contributed by atoms with Gasteiger partial charge in [0.25, 0.3) is 0 Å². The van der Waals surface area contributed by atoms with Crippen LogP contribution in [0.5, 0.6) is 0 Å². The summed E-state index contributed by atoms with van der Waals surface area (Å²) in [5, 5.41) is 9.73. The molecule has 0 aromatic carbocycles. The van der Waals surface area contributed by atoms with Crippen LogP contribution in [0.1, 0.15) is 66.7 Å². The second-order valence-electron chi connectivity index (χ2n) is 7.15. The van der Waals surface area contributed by atoms with Gasteiger partial charge in [0, 0.05) is 13.5 Å². The molecule has 4 nitrogen and oxygen atoms in total. The molecule has 0 spiro atoms. The summed E-state index contributed by atoms with van der Waals surface area (Å²) in [5.74, 6) is -0.428. The van der Waals surface area contributed by atoms with Crippen LogP contribution in [-0.2, 0) is 9.59 Å². The first kappa shape index (κ1) is 17.0. The molecule has 0 aromatic rings. The van der Waals surface area contributed by atoms with Crippen LogP contribution < -0.4 is 0 Å². The van der Waals surface area contributed by atoms with E-state index in [0.29, 0.717) is 25.3 Å². The van der Waals surface area contributed by atoms with Crippen molar-refractivity contribution >= 4 is 11.9 Å². The topological polar surface area (TPSA) is 57.6 Å². The van der Waals surface area contributed by atoms with E-state index in [4.69, 9.17) is 0 Å². The van der Waals surface area contributed by atoms with Gasteiger partial charge in [0.05, 0.1) is 0 Å². The van der Waals surface area contributed by atoms with Crippen LogP contribution in [0.25, 0.3) is 0 Å². The highest BCUT2D eigenvalue weighted by molar-refractivity contribution is 5.86. The molecule has 0 aliphatic heterocycles. The number of hydrogen-bond acceptors (Lipinski definition) is 2. The maximum absolute atomic E-state index is 11.9. The van der Waals surface area contributed by atoms with Crippen molar-refractivity contribution in [2.75, 3.05) is 6.54 Å². The van der Waals surface area contributed by atoms with Crippen molar-refractivity contribution < 1.29 is 14.7 Å².